The molecule has 58 valence electrons. The lowest BCUT2D eigenvalue weighted by Gasteiger charge is -2.22. The fraction of sp³-hybridized carbons (Fsp3) is 0.400. The van der Waals surface area contributed by atoms with Crippen molar-refractivity contribution in [2.24, 2.45) is 0 Å². The van der Waals surface area contributed by atoms with Gasteiger partial charge in [0.1, 0.15) is 7.85 Å². The van der Waals surface area contributed by atoms with Gasteiger partial charge in [0, 0.05) is 0 Å². The summed E-state index contributed by atoms with van der Waals surface area (Å²) in [7, 11) is 2.23. The summed E-state index contributed by atoms with van der Waals surface area (Å²) in [5.74, 6) is 0. The first-order valence-electron chi connectivity index (χ1n) is 4.22. The van der Waals surface area contributed by atoms with Crippen LogP contribution in [-0.4, -0.2) is 7.85 Å². The van der Waals surface area contributed by atoms with Gasteiger partial charge in [-0.05, 0) is 11.0 Å². The molecule has 0 aliphatic heterocycles. The average Bonchev–Trinajstić information content (AvgIpc) is 2.06. The topological polar surface area (TPSA) is 0 Å². The third kappa shape index (κ3) is 1.86. The fourth-order valence-corrected chi connectivity index (χ4v) is 1.09. The van der Waals surface area contributed by atoms with Crippen LogP contribution in [0.25, 0.3) is 0 Å². The van der Waals surface area contributed by atoms with Gasteiger partial charge in [-0.15, -0.1) is 0 Å². The van der Waals surface area contributed by atoms with E-state index in [-0.39, 0.29) is 0 Å². The summed E-state index contributed by atoms with van der Waals surface area (Å²) in [5, 5.41) is 0. The third-order valence-corrected chi connectivity index (χ3v) is 2.44. The Bertz CT molecular complexity index is 214. The van der Waals surface area contributed by atoms with Gasteiger partial charge >= 0.3 is 0 Å². The Labute approximate surface area is 70.0 Å². The monoisotopic (exact) mass is 146 g/mol. The van der Waals surface area contributed by atoms with E-state index in [9.17, 15) is 0 Å². The van der Waals surface area contributed by atoms with Gasteiger partial charge in [-0.2, -0.15) is 0 Å². The Kier molecular flexibility index (Phi) is 2.38. The molecule has 0 radical (unpaired) electrons. The van der Waals surface area contributed by atoms with Crippen LogP contribution in [0, 0.1) is 0 Å². The van der Waals surface area contributed by atoms with E-state index in [2.05, 4.69) is 52.0 Å². The Morgan fingerprint density at radius 1 is 1.18 bits per heavy atom. The van der Waals surface area contributed by atoms with Gasteiger partial charge in [-0.1, -0.05) is 50.5 Å². The summed E-state index contributed by atoms with van der Waals surface area (Å²) >= 11 is 0. The van der Waals surface area contributed by atoms with E-state index >= 15 is 0 Å². The van der Waals surface area contributed by atoms with E-state index in [0.717, 1.165) is 0 Å². The Morgan fingerprint density at radius 3 is 2.18 bits per heavy atom. The Morgan fingerprint density at radius 2 is 1.73 bits per heavy atom. The molecule has 0 aromatic heterocycles. The van der Waals surface area contributed by atoms with Crippen molar-refractivity contribution in [3.8, 4) is 0 Å². The van der Waals surface area contributed by atoms with E-state index in [4.69, 9.17) is 0 Å². The normalized spacial score (nSPS) is 11.5. The molecule has 0 aliphatic carbocycles. The summed E-state index contributed by atoms with van der Waals surface area (Å²) < 4.78 is 0. The fourth-order valence-electron chi connectivity index (χ4n) is 1.09. The van der Waals surface area contributed by atoms with Crippen LogP contribution in [0.2, 0.25) is 6.32 Å². The number of hydrogen-bond acceptors (Lipinski definition) is 0. The molecular weight excluding hydrogens is 131 g/mol. The molecule has 0 spiro atoms. The van der Waals surface area contributed by atoms with Crippen LogP contribution in [0.15, 0.2) is 30.3 Å². The second-order valence-electron chi connectivity index (χ2n) is 3.60. The highest BCUT2D eigenvalue weighted by atomic mass is 14.2. The average molecular weight is 146 g/mol. The smallest absolute Gasteiger partial charge is 0.0720 e. The molecule has 1 heteroatoms. The third-order valence-electron chi connectivity index (χ3n) is 2.44. The molecule has 11 heavy (non-hydrogen) atoms. The van der Waals surface area contributed by atoms with Crippen molar-refractivity contribution in [3.63, 3.8) is 0 Å². The molecule has 0 saturated heterocycles. The molecule has 0 amide bonds. The van der Waals surface area contributed by atoms with E-state index in [1.165, 1.54) is 11.9 Å². The highest BCUT2D eigenvalue weighted by molar-refractivity contribution is 6.09. The predicted octanol–water partition coefficient (Wildman–Crippen LogP) is 2.02. The van der Waals surface area contributed by atoms with Gasteiger partial charge in [0.05, 0.1) is 0 Å². The van der Waals surface area contributed by atoms with Crippen LogP contribution >= 0.6 is 0 Å². The first-order chi connectivity index (χ1) is 5.17. The predicted molar refractivity (Wildman–Crippen MR) is 52.8 cm³/mol. The molecule has 0 unspecified atom stereocenters. The van der Waals surface area contributed by atoms with Crippen molar-refractivity contribution in [2.45, 2.75) is 25.6 Å². The highest BCUT2D eigenvalue weighted by Crippen LogP contribution is 2.25. The molecule has 0 aliphatic rings. The van der Waals surface area contributed by atoms with Crippen molar-refractivity contribution in [3.05, 3.63) is 35.9 Å². The van der Waals surface area contributed by atoms with E-state index in [0.29, 0.717) is 5.41 Å². The lowest BCUT2D eigenvalue weighted by molar-refractivity contribution is 0.590. The zero-order valence-corrected chi connectivity index (χ0v) is 7.59. The molecule has 0 atom stereocenters. The molecule has 1 aromatic carbocycles. The van der Waals surface area contributed by atoms with Crippen LogP contribution < -0.4 is 0 Å². The van der Waals surface area contributed by atoms with Crippen LogP contribution in [0.3, 0.4) is 0 Å². The molecule has 1 aromatic rings. The molecule has 1 rings (SSSR count). The summed E-state index contributed by atoms with van der Waals surface area (Å²) in [6.07, 6.45) is 1.19. The van der Waals surface area contributed by atoms with Gasteiger partial charge < -0.3 is 0 Å². The maximum Gasteiger partial charge on any atom is 0.102 e. The van der Waals surface area contributed by atoms with Gasteiger partial charge in [0.25, 0.3) is 0 Å². The molecule has 0 heterocycles. The molecule has 0 nitrogen and oxygen atoms in total. The maximum atomic E-state index is 2.28. The lowest BCUT2D eigenvalue weighted by atomic mass is 9.74. The molecule has 0 bridgehead atoms. The van der Waals surface area contributed by atoms with Crippen molar-refractivity contribution < 1.29 is 0 Å². The first kappa shape index (κ1) is 8.38. The first-order valence-corrected chi connectivity index (χ1v) is 4.22. The van der Waals surface area contributed by atoms with E-state index in [1.807, 2.05) is 0 Å². The number of hydrogen-bond donors (Lipinski definition) is 0. The zero-order chi connectivity index (χ0) is 8.32. The minimum Gasteiger partial charge on any atom is -0.0720 e. The molecule has 0 fully saturated rings. The van der Waals surface area contributed by atoms with Crippen LogP contribution in [0.4, 0.5) is 0 Å². The van der Waals surface area contributed by atoms with E-state index < -0.39 is 0 Å². The second kappa shape index (κ2) is 3.12. The lowest BCUT2D eigenvalue weighted by Crippen LogP contribution is -2.15. The Hall–Kier alpha value is -0.715. The summed E-state index contributed by atoms with van der Waals surface area (Å²) in [6.45, 7) is 4.56. The zero-order valence-electron chi connectivity index (χ0n) is 7.59. The van der Waals surface area contributed by atoms with Crippen molar-refractivity contribution in [1.29, 1.82) is 0 Å². The Balaban J connectivity index is 2.93. The summed E-state index contributed by atoms with van der Waals surface area (Å²) in [4.78, 5) is 0. The highest BCUT2D eigenvalue weighted by Gasteiger charge is 2.16. The molecule has 0 N–H and O–H groups in total. The quantitative estimate of drug-likeness (QED) is 0.560. The van der Waals surface area contributed by atoms with Crippen LogP contribution in [-0.2, 0) is 5.41 Å². The minimum absolute atomic E-state index is 0.335. The van der Waals surface area contributed by atoms with Crippen molar-refractivity contribution in [1.82, 2.24) is 0 Å². The van der Waals surface area contributed by atoms with Gasteiger partial charge in [-0.25, -0.2) is 0 Å². The molecule has 0 saturated carbocycles. The van der Waals surface area contributed by atoms with E-state index in [1.54, 1.807) is 0 Å². The van der Waals surface area contributed by atoms with Crippen LogP contribution in [0.5, 0.6) is 0 Å². The number of benzene rings is 1. The summed E-state index contributed by atoms with van der Waals surface area (Å²) in [5.41, 5.74) is 1.77. The maximum absolute atomic E-state index is 2.28. The second-order valence-corrected chi connectivity index (χ2v) is 3.60. The van der Waals surface area contributed by atoms with Crippen molar-refractivity contribution >= 4 is 7.85 Å². The van der Waals surface area contributed by atoms with Gasteiger partial charge in [0.2, 0.25) is 0 Å². The largest absolute Gasteiger partial charge is 0.102 e. The van der Waals surface area contributed by atoms with Crippen LogP contribution in [0.1, 0.15) is 19.4 Å². The van der Waals surface area contributed by atoms with Gasteiger partial charge in [-0.3, -0.25) is 0 Å². The number of rotatable bonds is 2. The molecular formula is C10H15B. The van der Waals surface area contributed by atoms with Gasteiger partial charge in [0.15, 0.2) is 0 Å². The SMILES string of the molecule is BCC(C)(C)c1ccccc1. The summed E-state index contributed by atoms with van der Waals surface area (Å²) in [6, 6.07) is 10.7. The minimum atomic E-state index is 0.335. The van der Waals surface area contributed by atoms with Crippen molar-refractivity contribution in [2.75, 3.05) is 0 Å². The standard InChI is InChI=1S/C10H15B/c1-10(2,8-11)9-6-4-3-5-7-9/h3-7H,8,11H2,1-2H3.